The summed E-state index contributed by atoms with van der Waals surface area (Å²) in [4.78, 5) is 0. The molecule has 0 N–H and O–H groups in total. The number of hydrogen-bond donors (Lipinski definition) is 0. The summed E-state index contributed by atoms with van der Waals surface area (Å²) in [6, 6.07) is 0. The van der Waals surface area contributed by atoms with E-state index in [1.807, 2.05) is 13.8 Å². The smallest absolute Gasteiger partial charge is 0.192 e. The zero-order chi connectivity index (χ0) is 15.2. The van der Waals surface area contributed by atoms with Crippen molar-refractivity contribution in [3.05, 3.63) is 0 Å². The lowest BCUT2D eigenvalue weighted by atomic mass is 10.1. The van der Waals surface area contributed by atoms with Gasteiger partial charge in [0.25, 0.3) is 0 Å². The van der Waals surface area contributed by atoms with E-state index in [-0.39, 0.29) is 17.2 Å². The van der Waals surface area contributed by atoms with Crippen LogP contribution in [-0.4, -0.2) is 45.6 Å². The molecule has 2 rings (SSSR count). The predicted molar refractivity (Wildman–Crippen MR) is 81.3 cm³/mol. The third-order valence-corrected chi connectivity index (χ3v) is 9.10. The van der Waals surface area contributed by atoms with Crippen molar-refractivity contribution in [3.63, 3.8) is 0 Å². The van der Waals surface area contributed by atoms with Gasteiger partial charge in [0.1, 0.15) is 6.10 Å². The first-order valence-electron chi connectivity index (χ1n) is 7.61. The molecule has 0 saturated carbocycles. The van der Waals surface area contributed by atoms with Crippen molar-refractivity contribution in [2.24, 2.45) is 0 Å². The highest BCUT2D eigenvalue weighted by Crippen LogP contribution is 2.40. The number of epoxide rings is 1. The molecule has 0 unspecified atom stereocenters. The van der Waals surface area contributed by atoms with Crippen molar-refractivity contribution < 1.29 is 18.6 Å². The van der Waals surface area contributed by atoms with Crippen LogP contribution in [0.15, 0.2) is 0 Å². The maximum Gasteiger partial charge on any atom is 0.192 e. The second kappa shape index (κ2) is 5.36. The van der Waals surface area contributed by atoms with Gasteiger partial charge in [0.05, 0.1) is 25.4 Å². The maximum absolute atomic E-state index is 6.58. The van der Waals surface area contributed by atoms with Crippen LogP contribution in [0.5, 0.6) is 0 Å². The first-order valence-corrected chi connectivity index (χ1v) is 10.5. The highest BCUT2D eigenvalue weighted by Gasteiger charge is 2.46. The van der Waals surface area contributed by atoms with Crippen molar-refractivity contribution in [2.45, 2.75) is 83.3 Å². The molecule has 0 aromatic carbocycles. The van der Waals surface area contributed by atoms with Crippen molar-refractivity contribution in [1.82, 2.24) is 0 Å². The van der Waals surface area contributed by atoms with Gasteiger partial charge in [-0.25, -0.2) is 0 Å². The summed E-state index contributed by atoms with van der Waals surface area (Å²) >= 11 is 0. The Kier molecular flexibility index (Phi) is 4.40. The fraction of sp³-hybridized carbons (Fsp3) is 1.00. The summed E-state index contributed by atoms with van der Waals surface area (Å²) in [5, 5.41) is 0.199. The van der Waals surface area contributed by atoms with Gasteiger partial charge in [0, 0.05) is 6.42 Å². The molecule has 2 aliphatic rings. The Bertz CT molecular complexity index is 344. The van der Waals surface area contributed by atoms with E-state index in [0.717, 1.165) is 13.0 Å². The van der Waals surface area contributed by atoms with E-state index in [1.54, 1.807) is 0 Å². The Balaban J connectivity index is 2.04. The molecule has 2 aliphatic heterocycles. The lowest BCUT2D eigenvalue weighted by molar-refractivity contribution is -0.150. The van der Waals surface area contributed by atoms with Crippen molar-refractivity contribution in [3.8, 4) is 0 Å². The van der Waals surface area contributed by atoms with Gasteiger partial charge in [-0.3, -0.25) is 0 Å². The molecular formula is C15H30O4Si. The van der Waals surface area contributed by atoms with Crippen LogP contribution in [0.25, 0.3) is 0 Å². The molecule has 2 fully saturated rings. The van der Waals surface area contributed by atoms with Gasteiger partial charge in [-0.1, -0.05) is 20.8 Å². The molecule has 3 atom stereocenters. The number of hydrogen-bond acceptors (Lipinski definition) is 4. The van der Waals surface area contributed by atoms with Crippen LogP contribution >= 0.6 is 0 Å². The summed E-state index contributed by atoms with van der Waals surface area (Å²) < 4.78 is 23.7. The topological polar surface area (TPSA) is 40.2 Å². The molecule has 0 radical (unpaired) electrons. The molecule has 0 aliphatic carbocycles. The summed E-state index contributed by atoms with van der Waals surface area (Å²) in [6.07, 6.45) is 1.35. The zero-order valence-corrected chi connectivity index (χ0v) is 15.0. The standard InChI is InChI=1S/C15H30O4Si/c1-14(2,3)20(6,7)19-12(8-11-9-16-11)13-10-17-15(4,5)18-13/h11-13H,8-10H2,1-7H3/t11-,12-,13+/m0/s1. The summed E-state index contributed by atoms with van der Waals surface area (Å²) in [5.41, 5.74) is 0. The Hall–Kier alpha value is 0.0569. The summed E-state index contributed by atoms with van der Waals surface area (Å²) in [6.45, 7) is 16.8. The monoisotopic (exact) mass is 302 g/mol. The minimum atomic E-state index is -1.81. The molecule has 0 spiro atoms. The molecule has 0 bridgehead atoms. The van der Waals surface area contributed by atoms with E-state index in [4.69, 9.17) is 18.6 Å². The Morgan fingerprint density at radius 3 is 2.25 bits per heavy atom. The zero-order valence-electron chi connectivity index (χ0n) is 14.0. The van der Waals surface area contributed by atoms with Crippen molar-refractivity contribution in [1.29, 1.82) is 0 Å². The highest BCUT2D eigenvalue weighted by molar-refractivity contribution is 6.74. The van der Waals surface area contributed by atoms with E-state index >= 15 is 0 Å². The lowest BCUT2D eigenvalue weighted by Gasteiger charge is -2.40. The number of ether oxygens (including phenoxy) is 3. The van der Waals surface area contributed by atoms with Crippen LogP contribution in [-0.2, 0) is 18.6 Å². The Labute approximate surface area is 124 Å². The van der Waals surface area contributed by atoms with Gasteiger partial charge in [-0.2, -0.15) is 0 Å². The minimum absolute atomic E-state index is 0.0170. The minimum Gasteiger partial charge on any atom is -0.411 e. The van der Waals surface area contributed by atoms with Gasteiger partial charge >= 0.3 is 0 Å². The Morgan fingerprint density at radius 1 is 1.25 bits per heavy atom. The largest absolute Gasteiger partial charge is 0.411 e. The normalized spacial score (nSPS) is 31.4. The summed E-state index contributed by atoms with van der Waals surface area (Å²) in [5.74, 6) is -0.496. The molecule has 118 valence electrons. The Morgan fingerprint density at radius 2 is 1.85 bits per heavy atom. The molecule has 20 heavy (non-hydrogen) atoms. The SMILES string of the molecule is CC1(C)OC[C@H]([C@H](C[C@H]2CO2)O[Si](C)(C)C(C)(C)C)O1. The van der Waals surface area contributed by atoms with Crippen LogP contribution < -0.4 is 0 Å². The summed E-state index contributed by atoms with van der Waals surface area (Å²) in [7, 11) is -1.81. The van der Waals surface area contributed by atoms with Gasteiger partial charge < -0.3 is 18.6 Å². The molecule has 0 amide bonds. The molecule has 0 aromatic heterocycles. The molecule has 0 aromatic rings. The van der Waals surface area contributed by atoms with E-state index in [1.165, 1.54) is 0 Å². The first kappa shape index (κ1) is 16.4. The van der Waals surface area contributed by atoms with Crippen LogP contribution in [0.4, 0.5) is 0 Å². The molecule has 4 nitrogen and oxygen atoms in total. The molecular weight excluding hydrogens is 272 g/mol. The second-order valence-corrected chi connectivity index (χ2v) is 12.7. The van der Waals surface area contributed by atoms with E-state index < -0.39 is 14.1 Å². The second-order valence-electron chi connectivity index (χ2n) is 7.97. The highest BCUT2D eigenvalue weighted by atomic mass is 28.4. The average molecular weight is 302 g/mol. The third kappa shape index (κ3) is 4.04. The van der Waals surface area contributed by atoms with Gasteiger partial charge in [0.15, 0.2) is 14.1 Å². The van der Waals surface area contributed by atoms with E-state index in [0.29, 0.717) is 12.7 Å². The predicted octanol–water partition coefficient (Wildman–Crippen LogP) is 3.32. The fourth-order valence-corrected chi connectivity index (χ4v) is 3.55. The fourth-order valence-electron chi connectivity index (χ4n) is 2.19. The average Bonchev–Trinajstić information content (AvgIpc) is 2.99. The van der Waals surface area contributed by atoms with Crippen LogP contribution in [0.1, 0.15) is 41.0 Å². The van der Waals surface area contributed by atoms with Crippen LogP contribution in [0.3, 0.4) is 0 Å². The number of rotatable bonds is 5. The van der Waals surface area contributed by atoms with Crippen LogP contribution in [0, 0.1) is 0 Å². The van der Waals surface area contributed by atoms with Crippen molar-refractivity contribution in [2.75, 3.05) is 13.2 Å². The van der Waals surface area contributed by atoms with E-state index in [2.05, 4.69) is 33.9 Å². The van der Waals surface area contributed by atoms with Gasteiger partial charge in [0.2, 0.25) is 0 Å². The maximum atomic E-state index is 6.58. The van der Waals surface area contributed by atoms with Crippen molar-refractivity contribution >= 4 is 8.32 Å². The first-order chi connectivity index (χ1) is 9.00. The van der Waals surface area contributed by atoms with E-state index in [9.17, 15) is 0 Å². The molecule has 5 heteroatoms. The molecule has 2 heterocycles. The lowest BCUT2D eigenvalue weighted by Crippen LogP contribution is -2.48. The van der Waals surface area contributed by atoms with Gasteiger partial charge in [-0.05, 0) is 32.0 Å². The van der Waals surface area contributed by atoms with Crippen LogP contribution in [0.2, 0.25) is 18.1 Å². The molecule has 2 saturated heterocycles. The third-order valence-electron chi connectivity index (χ3n) is 4.59. The quantitative estimate of drug-likeness (QED) is 0.577. The van der Waals surface area contributed by atoms with Gasteiger partial charge in [-0.15, -0.1) is 0 Å².